The zero-order chi connectivity index (χ0) is 9.84. The minimum absolute atomic E-state index is 0.382. The molecule has 1 aliphatic rings. The molecule has 0 aromatic rings. The van der Waals surface area contributed by atoms with E-state index in [0.717, 1.165) is 12.5 Å². The largest absolute Gasteiger partial charge is 0.327 e. The van der Waals surface area contributed by atoms with Gasteiger partial charge < -0.3 is 10.6 Å². The molecule has 2 atom stereocenters. The van der Waals surface area contributed by atoms with Crippen molar-refractivity contribution in [1.82, 2.24) is 4.90 Å². The molecule has 0 aromatic carbocycles. The Morgan fingerprint density at radius 3 is 2.62 bits per heavy atom. The topological polar surface area (TPSA) is 29.3 Å². The van der Waals surface area contributed by atoms with Gasteiger partial charge in [-0.1, -0.05) is 13.8 Å². The number of nitrogens with zero attached hydrogens (tertiary/aromatic N) is 1. The van der Waals surface area contributed by atoms with Gasteiger partial charge in [-0.2, -0.15) is 0 Å². The average Bonchev–Trinajstić information content (AvgIpc) is 2.47. The number of likely N-dealkylation sites (tertiary alicyclic amines) is 1. The maximum absolute atomic E-state index is 6.01. The lowest BCUT2D eigenvalue weighted by Crippen LogP contribution is -2.34. The molecule has 1 saturated heterocycles. The van der Waals surface area contributed by atoms with Gasteiger partial charge in [-0.3, -0.25) is 0 Å². The first kappa shape index (κ1) is 11.0. The molecule has 2 nitrogen and oxygen atoms in total. The quantitative estimate of drug-likeness (QED) is 0.722. The molecule has 0 bridgehead atoms. The number of rotatable bonds is 4. The summed E-state index contributed by atoms with van der Waals surface area (Å²) in [5.41, 5.74) is 6.01. The van der Waals surface area contributed by atoms with E-state index in [1.165, 1.54) is 25.9 Å². The Balaban J connectivity index is 2.18. The monoisotopic (exact) mass is 184 g/mol. The molecule has 0 spiro atoms. The summed E-state index contributed by atoms with van der Waals surface area (Å²) in [7, 11) is 0. The number of hydrogen-bond acceptors (Lipinski definition) is 2. The van der Waals surface area contributed by atoms with Crippen LogP contribution in [0.5, 0.6) is 0 Å². The highest BCUT2D eigenvalue weighted by Crippen LogP contribution is 2.17. The Labute approximate surface area is 82.5 Å². The first-order valence-corrected chi connectivity index (χ1v) is 5.61. The van der Waals surface area contributed by atoms with E-state index in [0.29, 0.717) is 12.0 Å². The predicted molar refractivity (Wildman–Crippen MR) is 57.7 cm³/mol. The second-order valence-electron chi connectivity index (χ2n) is 4.72. The molecule has 2 unspecified atom stereocenters. The molecular weight excluding hydrogens is 160 g/mol. The molecule has 2 heteroatoms. The lowest BCUT2D eigenvalue weighted by atomic mass is 10.0. The molecule has 0 amide bonds. The van der Waals surface area contributed by atoms with Crippen molar-refractivity contribution in [2.24, 2.45) is 11.7 Å². The van der Waals surface area contributed by atoms with Crippen LogP contribution in [0.3, 0.4) is 0 Å². The van der Waals surface area contributed by atoms with Crippen LogP contribution >= 0.6 is 0 Å². The highest BCUT2D eigenvalue weighted by Gasteiger charge is 2.20. The Hall–Kier alpha value is -0.0800. The van der Waals surface area contributed by atoms with E-state index >= 15 is 0 Å². The van der Waals surface area contributed by atoms with Gasteiger partial charge in [-0.25, -0.2) is 0 Å². The minimum atomic E-state index is 0.382. The Morgan fingerprint density at radius 2 is 2.15 bits per heavy atom. The van der Waals surface area contributed by atoms with Gasteiger partial charge >= 0.3 is 0 Å². The van der Waals surface area contributed by atoms with Gasteiger partial charge in [0.25, 0.3) is 0 Å². The summed E-state index contributed by atoms with van der Waals surface area (Å²) in [6, 6.07) is 1.17. The van der Waals surface area contributed by atoms with E-state index in [4.69, 9.17) is 5.73 Å². The zero-order valence-corrected chi connectivity index (χ0v) is 9.29. The molecule has 1 aliphatic heterocycles. The highest BCUT2D eigenvalue weighted by molar-refractivity contribution is 4.77. The van der Waals surface area contributed by atoms with E-state index in [-0.39, 0.29) is 0 Å². The van der Waals surface area contributed by atoms with Gasteiger partial charge in [0.15, 0.2) is 0 Å². The van der Waals surface area contributed by atoms with Crippen molar-refractivity contribution < 1.29 is 0 Å². The lowest BCUT2D eigenvalue weighted by molar-refractivity contribution is 0.249. The second-order valence-corrected chi connectivity index (χ2v) is 4.72. The smallest absolute Gasteiger partial charge is 0.00740 e. The summed E-state index contributed by atoms with van der Waals surface area (Å²) in [5.74, 6) is 0.623. The maximum atomic E-state index is 6.01. The third-order valence-electron chi connectivity index (χ3n) is 3.30. The Bertz CT molecular complexity index is 145. The van der Waals surface area contributed by atoms with Crippen molar-refractivity contribution in [3.05, 3.63) is 0 Å². The molecule has 78 valence electrons. The molecular formula is C11H24N2. The van der Waals surface area contributed by atoms with Crippen LogP contribution in [0.15, 0.2) is 0 Å². The SMILES string of the molecule is CC(C)C(N)CCN1CCCC1C. The zero-order valence-electron chi connectivity index (χ0n) is 9.29. The summed E-state index contributed by atoms with van der Waals surface area (Å²) < 4.78 is 0. The van der Waals surface area contributed by atoms with Crippen LogP contribution in [0.2, 0.25) is 0 Å². The number of hydrogen-bond donors (Lipinski definition) is 1. The summed E-state index contributed by atoms with van der Waals surface area (Å²) in [5, 5.41) is 0. The predicted octanol–water partition coefficient (Wildman–Crippen LogP) is 1.84. The van der Waals surface area contributed by atoms with E-state index < -0.39 is 0 Å². The average molecular weight is 184 g/mol. The molecule has 1 fully saturated rings. The standard InChI is InChI=1S/C11H24N2/c1-9(2)11(12)6-8-13-7-4-5-10(13)3/h9-11H,4-8,12H2,1-3H3. The molecule has 0 aromatic heterocycles. The van der Waals surface area contributed by atoms with Crippen molar-refractivity contribution in [2.45, 2.75) is 52.1 Å². The first-order chi connectivity index (χ1) is 6.11. The van der Waals surface area contributed by atoms with Crippen molar-refractivity contribution in [1.29, 1.82) is 0 Å². The minimum Gasteiger partial charge on any atom is -0.327 e. The summed E-state index contributed by atoms with van der Waals surface area (Å²) in [6.07, 6.45) is 3.90. The normalized spacial score (nSPS) is 27.0. The van der Waals surface area contributed by atoms with Crippen molar-refractivity contribution >= 4 is 0 Å². The lowest BCUT2D eigenvalue weighted by Gasteiger charge is -2.24. The summed E-state index contributed by atoms with van der Waals surface area (Å²) in [6.45, 7) is 9.22. The van der Waals surface area contributed by atoms with E-state index in [1.807, 2.05) is 0 Å². The van der Waals surface area contributed by atoms with E-state index in [9.17, 15) is 0 Å². The van der Waals surface area contributed by atoms with Crippen molar-refractivity contribution in [3.63, 3.8) is 0 Å². The van der Waals surface area contributed by atoms with Crippen LogP contribution in [0.4, 0.5) is 0 Å². The Morgan fingerprint density at radius 1 is 1.46 bits per heavy atom. The molecule has 1 heterocycles. The van der Waals surface area contributed by atoms with Crippen molar-refractivity contribution in [3.8, 4) is 0 Å². The maximum Gasteiger partial charge on any atom is 0.00740 e. The Kier molecular flexibility index (Phi) is 4.20. The molecule has 0 aliphatic carbocycles. The summed E-state index contributed by atoms with van der Waals surface area (Å²) in [4.78, 5) is 2.57. The number of nitrogens with two attached hydrogens (primary N) is 1. The van der Waals surface area contributed by atoms with E-state index in [2.05, 4.69) is 25.7 Å². The molecule has 1 rings (SSSR count). The van der Waals surface area contributed by atoms with E-state index in [1.54, 1.807) is 0 Å². The highest BCUT2D eigenvalue weighted by atomic mass is 15.2. The van der Waals surface area contributed by atoms with Crippen LogP contribution in [-0.2, 0) is 0 Å². The molecule has 0 saturated carbocycles. The van der Waals surface area contributed by atoms with Gasteiger partial charge in [-0.05, 0) is 45.2 Å². The van der Waals surface area contributed by atoms with Crippen LogP contribution in [-0.4, -0.2) is 30.1 Å². The van der Waals surface area contributed by atoms with Gasteiger partial charge in [0.2, 0.25) is 0 Å². The van der Waals surface area contributed by atoms with Crippen LogP contribution in [0.25, 0.3) is 0 Å². The third kappa shape index (κ3) is 3.28. The van der Waals surface area contributed by atoms with Gasteiger partial charge in [-0.15, -0.1) is 0 Å². The summed E-state index contributed by atoms with van der Waals surface area (Å²) >= 11 is 0. The van der Waals surface area contributed by atoms with Crippen LogP contribution in [0.1, 0.15) is 40.0 Å². The third-order valence-corrected chi connectivity index (χ3v) is 3.30. The fourth-order valence-corrected chi connectivity index (χ4v) is 1.97. The fourth-order valence-electron chi connectivity index (χ4n) is 1.97. The molecule has 2 N–H and O–H groups in total. The molecule has 0 radical (unpaired) electrons. The van der Waals surface area contributed by atoms with Gasteiger partial charge in [0.05, 0.1) is 0 Å². The van der Waals surface area contributed by atoms with Crippen molar-refractivity contribution in [2.75, 3.05) is 13.1 Å². The van der Waals surface area contributed by atoms with Crippen LogP contribution in [0, 0.1) is 5.92 Å². The second kappa shape index (κ2) is 4.97. The van der Waals surface area contributed by atoms with Crippen LogP contribution < -0.4 is 5.73 Å². The van der Waals surface area contributed by atoms with Gasteiger partial charge in [0.1, 0.15) is 0 Å². The fraction of sp³-hybridized carbons (Fsp3) is 1.00. The molecule has 13 heavy (non-hydrogen) atoms. The van der Waals surface area contributed by atoms with Gasteiger partial charge in [0, 0.05) is 12.1 Å². The first-order valence-electron chi connectivity index (χ1n) is 5.61.